The van der Waals surface area contributed by atoms with Crippen molar-refractivity contribution in [1.29, 1.82) is 0 Å². The van der Waals surface area contributed by atoms with Gasteiger partial charge < -0.3 is 31.3 Å². The van der Waals surface area contributed by atoms with E-state index in [0.29, 0.717) is 26.8 Å². The first-order valence-electron chi connectivity index (χ1n) is 16.3. The number of aliphatic hydroxyl groups is 1. The van der Waals surface area contributed by atoms with Gasteiger partial charge in [-0.25, -0.2) is 9.97 Å². The number of nitrogens with one attached hydrogen (secondary N) is 2. The summed E-state index contributed by atoms with van der Waals surface area (Å²) >= 11 is 2.70. The molecule has 1 aromatic carbocycles. The average molecular weight is 710 g/mol. The van der Waals surface area contributed by atoms with E-state index in [1.165, 1.54) is 43.3 Å². The molecule has 7 rings (SSSR count). The maximum absolute atomic E-state index is 12.2. The predicted octanol–water partition coefficient (Wildman–Crippen LogP) is 1.47. The summed E-state index contributed by atoms with van der Waals surface area (Å²) in [5.74, 6) is 2.27. The van der Waals surface area contributed by atoms with Crippen LogP contribution in [0, 0.1) is 12.8 Å². The highest BCUT2D eigenvalue weighted by Gasteiger charge is 2.17. The number of hydrogen-bond acceptors (Lipinski definition) is 14. The Hall–Kier alpha value is -4.42. The zero-order valence-electron chi connectivity index (χ0n) is 28.1. The lowest BCUT2D eigenvalue weighted by molar-refractivity contribution is -0.572. The van der Waals surface area contributed by atoms with Crippen molar-refractivity contribution in [1.82, 2.24) is 39.8 Å². The van der Waals surface area contributed by atoms with Crippen LogP contribution in [0.15, 0.2) is 52.6 Å². The second-order valence-corrected chi connectivity index (χ2v) is 14.1. The summed E-state index contributed by atoms with van der Waals surface area (Å²) in [7, 11) is 0. The number of benzene rings is 1. The number of piperazine rings is 2. The zero-order chi connectivity index (χ0) is 34.9. The van der Waals surface area contributed by atoms with Crippen LogP contribution in [0.2, 0.25) is 0 Å². The molecule has 5 aromatic rings. The molecule has 15 nitrogen and oxygen atoms in total. The Balaban J connectivity index is 0.000000154. The monoisotopic (exact) mass is 709 g/mol. The lowest BCUT2D eigenvalue weighted by Gasteiger charge is -2.27. The van der Waals surface area contributed by atoms with Gasteiger partial charge in [0.2, 0.25) is 15.1 Å². The van der Waals surface area contributed by atoms with Gasteiger partial charge in [0, 0.05) is 70.1 Å². The molecule has 17 heteroatoms. The lowest BCUT2D eigenvalue weighted by atomic mass is 10.1. The molecule has 262 valence electrons. The topological polar surface area (TPSA) is 188 Å². The van der Waals surface area contributed by atoms with Gasteiger partial charge in [0.05, 0.1) is 6.54 Å². The number of nitrogens with zero attached hydrogens (tertiary/aromatic N) is 8. The van der Waals surface area contributed by atoms with E-state index in [1.54, 1.807) is 6.07 Å². The average Bonchev–Trinajstić information content (AvgIpc) is 3.69. The fraction of sp³-hybridized carbons (Fsp3) is 0.438. The number of fused-ring (bicyclic) bond motifs is 2. The fourth-order valence-corrected chi connectivity index (χ4v) is 6.64. The lowest BCUT2D eigenvalue weighted by Crippen LogP contribution is -2.78. The molecule has 7 N–H and O–H groups in total. The van der Waals surface area contributed by atoms with Crippen LogP contribution in [0.25, 0.3) is 15.7 Å². The molecular weight excluding hydrogens is 665 g/mol. The third-order valence-corrected chi connectivity index (χ3v) is 9.47. The highest BCUT2D eigenvalue weighted by molar-refractivity contribution is 7.20. The van der Waals surface area contributed by atoms with Gasteiger partial charge >= 0.3 is 5.13 Å². The second kappa shape index (κ2) is 16.8. The van der Waals surface area contributed by atoms with Crippen molar-refractivity contribution < 1.29 is 10.4 Å². The molecule has 2 aliphatic heterocycles. The second-order valence-electron chi connectivity index (χ2n) is 12.1. The third kappa shape index (κ3) is 9.82. The van der Waals surface area contributed by atoms with Crippen molar-refractivity contribution in [2.45, 2.75) is 27.2 Å². The van der Waals surface area contributed by atoms with E-state index >= 15 is 0 Å². The van der Waals surface area contributed by atoms with E-state index in [4.69, 9.17) is 10.8 Å². The number of hydrogen-bond donors (Lipinski definition) is 5. The van der Waals surface area contributed by atoms with Crippen LogP contribution in [0.5, 0.6) is 0 Å². The number of aliphatic hydroxyl groups excluding tert-OH is 1. The first-order chi connectivity index (χ1) is 23.6. The summed E-state index contributed by atoms with van der Waals surface area (Å²) in [5, 5.41) is 27.1. The zero-order valence-corrected chi connectivity index (χ0v) is 29.8. The molecular formula is C32H45N12O3S2+. The smallest absolute Gasteiger partial charge is 0.303 e. The van der Waals surface area contributed by atoms with Gasteiger partial charge in [0.1, 0.15) is 17.4 Å². The first kappa shape index (κ1) is 35.9. The minimum absolute atomic E-state index is 0.0988. The highest BCUT2D eigenvalue weighted by atomic mass is 32.1. The Morgan fingerprint density at radius 2 is 1.41 bits per heavy atom. The largest absolute Gasteiger partial charge is 0.508 e. The molecule has 0 bridgehead atoms. The SMILES string of the molecule is C=C(O)c1ccc(C)cc1.CC(C)CC[NH2+]c1nn2c(=O)cc(N3CCNCC3)nc2s1.Nc1nn2c(=O)cc(N3CCNCC3)nc2s1. The third-order valence-electron chi connectivity index (χ3n) is 7.82. The van der Waals surface area contributed by atoms with Crippen molar-refractivity contribution in [2.75, 3.05) is 74.4 Å². The van der Waals surface area contributed by atoms with Crippen LogP contribution < -0.4 is 42.6 Å². The van der Waals surface area contributed by atoms with E-state index in [-0.39, 0.29) is 16.9 Å². The number of nitrogen functional groups attached to an aromatic ring is 1. The first-order valence-corrected chi connectivity index (χ1v) is 18.0. The summed E-state index contributed by atoms with van der Waals surface area (Å²) < 4.78 is 2.66. The van der Waals surface area contributed by atoms with E-state index in [2.05, 4.69) is 66.3 Å². The normalized spacial score (nSPS) is 14.8. The van der Waals surface area contributed by atoms with Crippen molar-refractivity contribution in [3.05, 3.63) is 74.8 Å². The Morgan fingerprint density at radius 1 is 0.898 bits per heavy atom. The molecule has 0 spiro atoms. The molecule has 2 saturated heterocycles. The maximum Gasteiger partial charge on any atom is 0.303 e. The number of aryl methyl sites for hydroxylation is 1. The minimum Gasteiger partial charge on any atom is -0.508 e. The van der Waals surface area contributed by atoms with Crippen LogP contribution >= 0.6 is 22.7 Å². The van der Waals surface area contributed by atoms with Gasteiger partial charge in [-0.05, 0) is 30.6 Å². The molecule has 49 heavy (non-hydrogen) atoms. The Labute approximate surface area is 292 Å². The molecule has 0 saturated carbocycles. The van der Waals surface area contributed by atoms with E-state index in [9.17, 15) is 9.59 Å². The van der Waals surface area contributed by atoms with Gasteiger partial charge in [-0.3, -0.25) is 14.9 Å². The quantitative estimate of drug-likeness (QED) is 0.153. The number of aromatic nitrogens is 6. The van der Waals surface area contributed by atoms with E-state index in [1.807, 2.05) is 31.2 Å². The van der Waals surface area contributed by atoms with Crippen LogP contribution in [0.1, 0.15) is 31.4 Å². The molecule has 0 amide bonds. The Kier molecular flexibility index (Phi) is 12.3. The van der Waals surface area contributed by atoms with Gasteiger partial charge in [0.15, 0.2) is 0 Å². The summed E-state index contributed by atoms with van der Waals surface area (Å²) in [5.41, 5.74) is 7.26. The maximum atomic E-state index is 12.2. The van der Waals surface area contributed by atoms with Gasteiger partial charge in [0.25, 0.3) is 11.1 Å². The predicted molar refractivity (Wildman–Crippen MR) is 198 cm³/mol. The van der Waals surface area contributed by atoms with Crippen LogP contribution in [0.3, 0.4) is 0 Å². The molecule has 2 aliphatic rings. The highest BCUT2D eigenvalue weighted by Crippen LogP contribution is 2.18. The van der Waals surface area contributed by atoms with E-state index < -0.39 is 0 Å². The number of anilines is 3. The van der Waals surface area contributed by atoms with Crippen LogP contribution in [-0.2, 0) is 0 Å². The molecule has 6 heterocycles. The molecule has 2 fully saturated rings. The van der Waals surface area contributed by atoms with Gasteiger partial charge in [-0.2, -0.15) is 9.03 Å². The van der Waals surface area contributed by atoms with Crippen molar-refractivity contribution >= 4 is 60.3 Å². The van der Waals surface area contributed by atoms with Gasteiger partial charge in [-0.1, -0.05) is 66.7 Å². The number of nitrogens with two attached hydrogens (primary N) is 2. The number of quaternary nitrogens is 1. The summed E-state index contributed by atoms with van der Waals surface area (Å²) in [6, 6.07) is 10.7. The molecule has 0 radical (unpaired) electrons. The number of rotatable bonds is 7. The molecule has 0 unspecified atom stereocenters. The molecule has 4 aromatic heterocycles. The Morgan fingerprint density at radius 3 is 1.92 bits per heavy atom. The summed E-state index contributed by atoms with van der Waals surface area (Å²) in [4.78, 5) is 38.6. The van der Waals surface area contributed by atoms with Crippen molar-refractivity contribution in [2.24, 2.45) is 5.92 Å². The summed E-state index contributed by atoms with van der Waals surface area (Å²) in [6.07, 6.45) is 1.13. The fourth-order valence-electron chi connectivity index (χ4n) is 5.11. The van der Waals surface area contributed by atoms with Crippen molar-refractivity contribution in [3.8, 4) is 0 Å². The summed E-state index contributed by atoms with van der Waals surface area (Å²) in [6.45, 7) is 18.0. The van der Waals surface area contributed by atoms with Crippen LogP contribution in [0.4, 0.5) is 21.9 Å². The van der Waals surface area contributed by atoms with Gasteiger partial charge in [-0.15, -0.1) is 5.10 Å². The molecule has 0 atom stereocenters. The van der Waals surface area contributed by atoms with Crippen LogP contribution in [-0.4, -0.2) is 93.2 Å². The van der Waals surface area contributed by atoms with Crippen molar-refractivity contribution in [3.63, 3.8) is 0 Å². The minimum atomic E-state index is -0.184. The Bertz CT molecular complexity index is 1960. The molecule has 0 aliphatic carbocycles. The standard InChI is InChI=1S/C14H22N6OS.C9H12N6OS.C9H10O/c1-10(2)3-4-16-13-18-20-12(21)9-11(17-14(20)22-13)19-7-5-15-6-8-19;10-8-13-15-7(16)5-6(12-9(15)17-8)14-3-1-11-2-4-14;1-7-3-5-9(6-4-7)8(2)10/h9-10,15H,3-8H2,1-2H3,(H,16,18);5,11H,1-4H2,(H2,10,13);3-6,10H,2H2,1H3/p+1. The van der Waals surface area contributed by atoms with E-state index in [0.717, 1.165) is 81.8 Å².